The number of hydrogen-bond acceptors (Lipinski definition) is 2. The number of ether oxygens (including phenoxy) is 1. The largest absolute Gasteiger partial charge is 0.486 e. The fraction of sp³-hybridized carbons (Fsp3) is 0.344. The van der Waals surface area contributed by atoms with Crippen molar-refractivity contribution < 1.29 is 13.5 Å². The Labute approximate surface area is 226 Å². The van der Waals surface area contributed by atoms with Gasteiger partial charge in [-0.2, -0.15) is 0 Å². The van der Waals surface area contributed by atoms with Gasteiger partial charge >= 0.3 is 0 Å². The molecule has 4 rings (SSSR count). The molecule has 2 aromatic carbocycles. The Hall–Kier alpha value is -3.25. The van der Waals surface area contributed by atoms with Crippen molar-refractivity contribution >= 4 is 8.24 Å². The van der Waals surface area contributed by atoms with Gasteiger partial charge in [-0.1, -0.05) is 71.9 Å². The van der Waals surface area contributed by atoms with Crippen molar-refractivity contribution in [2.75, 3.05) is 0 Å². The first-order chi connectivity index (χ1) is 18.2. The Morgan fingerprint density at radius 2 is 1.53 bits per heavy atom. The smallest absolute Gasteiger partial charge is 0.171 e. The number of rotatable bonds is 10. The van der Waals surface area contributed by atoms with E-state index in [1.165, 1.54) is 12.1 Å². The Morgan fingerprint density at radius 1 is 0.842 bits per heavy atom. The van der Waals surface area contributed by atoms with Gasteiger partial charge in [-0.3, -0.25) is 4.98 Å². The van der Waals surface area contributed by atoms with Gasteiger partial charge in [0.2, 0.25) is 0 Å². The van der Waals surface area contributed by atoms with Crippen LogP contribution in [0.15, 0.2) is 79.3 Å². The summed E-state index contributed by atoms with van der Waals surface area (Å²) in [5, 5.41) is 0. The molecule has 6 heteroatoms. The molecule has 38 heavy (non-hydrogen) atoms. The minimum Gasteiger partial charge on any atom is -0.486 e. The van der Waals surface area contributed by atoms with Crippen LogP contribution in [0.3, 0.4) is 0 Å². The van der Waals surface area contributed by atoms with Gasteiger partial charge in [0, 0.05) is 35.6 Å². The molecule has 4 aromatic rings. The molecule has 3 nitrogen and oxygen atoms in total. The minimum absolute atomic E-state index is 0.0244. The second-order valence-corrected chi connectivity index (χ2v) is 16.7. The van der Waals surface area contributed by atoms with Crippen molar-refractivity contribution in [3.8, 4) is 17.0 Å². The number of pyridine rings is 1. The van der Waals surface area contributed by atoms with Crippen molar-refractivity contribution in [2.24, 2.45) is 0 Å². The maximum atomic E-state index is 15.6. The van der Waals surface area contributed by atoms with E-state index in [4.69, 9.17) is 4.74 Å². The van der Waals surface area contributed by atoms with Crippen LogP contribution >= 0.6 is 0 Å². The predicted octanol–water partition coefficient (Wildman–Crippen LogP) is 9.02. The molecule has 0 saturated carbocycles. The molecule has 0 aliphatic rings. The summed E-state index contributed by atoms with van der Waals surface area (Å²) < 4.78 is 38.9. The Balaban J connectivity index is 1.77. The first-order valence-corrected chi connectivity index (χ1v) is 15.6. The van der Waals surface area contributed by atoms with Gasteiger partial charge in [-0.15, -0.1) is 0 Å². The number of benzene rings is 2. The normalized spacial score (nSPS) is 12.1. The highest BCUT2D eigenvalue weighted by Gasteiger charge is 2.46. The second kappa shape index (κ2) is 11.6. The summed E-state index contributed by atoms with van der Waals surface area (Å²) in [6.07, 6.45) is 5.92. The molecule has 0 amide bonds. The second-order valence-electron chi connectivity index (χ2n) is 11.0. The monoisotopic (exact) mass is 532 g/mol. The molecule has 200 valence electrons. The van der Waals surface area contributed by atoms with Crippen LogP contribution in [0.4, 0.5) is 8.78 Å². The minimum atomic E-state index is -2.14. The third-order valence-electron chi connectivity index (χ3n) is 7.79. The highest BCUT2D eigenvalue weighted by molar-refractivity contribution is 6.82. The van der Waals surface area contributed by atoms with Crippen LogP contribution in [-0.4, -0.2) is 17.5 Å². The van der Waals surface area contributed by atoms with E-state index in [9.17, 15) is 0 Å². The lowest BCUT2D eigenvalue weighted by molar-refractivity contribution is 0.288. The zero-order chi connectivity index (χ0) is 27.4. The highest BCUT2D eigenvalue weighted by Crippen LogP contribution is 2.45. The molecule has 0 fully saturated rings. The average Bonchev–Trinajstić information content (AvgIpc) is 3.30. The highest BCUT2D eigenvalue weighted by atomic mass is 28.3. The number of halogens is 2. The maximum Gasteiger partial charge on any atom is 0.171 e. The zero-order valence-corrected chi connectivity index (χ0v) is 24.2. The lowest BCUT2D eigenvalue weighted by Gasteiger charge is -2.45. The summed E-state index contributed by atoms with van der Waals surface area (Å²) in [6, 6.07) is 18.3. The number of hydrogen-bond donors (Lipinski definition) is 0. The molecule has 2 aromatic heterocycles. The van der Waals surface area contributed by atoms with Gasteiger partial charge in [0.05, 0.1) is 0 Å². The van der Waals surface area contributed by atoms with Crippen LogP contribution < -0.4 is 4.74 Å². The third-order valence-corrected chi connectivity index (χ3v) is 14.5. The van der Waals surface area contributed by atoms with Gasteiger partial charge in [0.1, 0.15) is 12.4 Å². The molecule has 0 N–H and O–H groups in total. The summed E-state index contributed by atoms with van der Waals surface area (Å²) in [6.45, 7) is 14.1. The van der Waals surface area contributed by atoms with E-state index in [0.717, 1.165) is 22.4 Å². The van der Waals surface area contributed by atoms with Gasteiger partial charge in [-0.25, -0.2) is 8.78 Å². The number of aromatic nitrogens is 2. The molecule has 0 saturated heterocycles. The lowest BCUT2D eigenvalue weighted by Crippen LogP contribution is -2.52. The molecule has 0 radical (unpaired) electrons. The van der Waals surface area contributed by atoms with Crippen molar-refractivity contribution in [3.05, 3.63) is 108 Å². The van der Waals surface area contributed by atoms with E-state index in [0.29, 0.717) is 16.6 Å². The van der Waals surface area contributed by atoms with Gasteiger partial charge in [-0.05, 0) is 64.3 Å². The first kappa shape index (κ1) is 27.8. The summed E-state index contributed by atoms with van der Waals surface area (Å²) in [7, 11) is -2.14. The molecule has 0 bridgehead atoms. The van der Waals surface area contributed by atoms with E-state index < -0.39 is 19.9 Å². The molecule has 2 heterocycles. The molecular formula is C32H38F2N2OSi. The van der Waals surface area contributed by atoms with Crippen LogP contribution in [0.2, 0.25) is 16.6 Å². The standard InChI is InChI=1S/C32H38F2N2OSi/c1-22(2)38(23(3)4,24(5)6)36-20-26(18-30(36)27-13-10-16-35-19-27)17-28-29(33)14-15-31(32(28)34)37-21-25-11-8-7-9-12-25/h7-16,18-20,22-24H,17,21H2,1-6H3. The third kappa shape index (κ3) is 5.32. The summed E-state index contributed by atoms with van der Waals surface area (Å²) in [4.78, 5) is 4.36. The van der Waals surface area contributed by atoms with Crippen molar-refractivity contribution in [1.29, 1.82) is 0 Å². The van der Waals surface area contributed by atoms with Gasteiger partial charge < -0.3 is 8.97 Å². The maximum absolute atomic E-state index is 15.6. The summed E-state index contributed by atoms with van der Waals surface area (Å²) >= 11 is 0. The topological polar surface area (TPSA) is 27.1 Å². The number of nitrogens with zero attached hydrogens (tertiary/aromatic N) is 2. The van der Waals surface area contributed by atoms with E-state index in [2.05, 4.69) is 69.1 Å². The van der Waals surface area contributed by atoms with E-state index in [-0.39, 0.29) is 24.3 Å². The molecule has 0 spiro atoms. The van der Waals surface area contributed by atoms with Crippen LogP contribution in [0, 0.1) is 11.6 Å². The summed E-state index contributed by atoms with van der Waals surface area (Å²) in [5.41, 5.74) is 5.28. The van der Waals surface area contributed by atoms with E-state index >= 15 is 8.78 Å². The lowest BCUT2D eigenvalue weighted by atomic mass is 10.0. The molecule has 0 aliphatic carbocycles. The molecular weight excluding hydrogens is 494 g/mol. The van der Waals surface area contributed by atoms with E-state index in [1.807, 2.05) is 42.6 Å². The van der Waals surface area contributed by atoms with Crippen molar-refractivity contribution in [2.45, 2.75) is 71.2 Å². The van der Waals surface area contributed by atoms with Crippen molar-refractivity contribution in [1.82, 2.24) is 9.22 Å². The van der Waals surface area contributed by atoms with Gasteiger partial charge in [0.15, 0.2) is 19.8 Å². The summed E-state index contributed by atoms with van der Waals surface area (Å²) in [5.74, 6) is -1.14. The van der Waals surface area contributed by atoms with Crippen molar-refractivity contribution in [3.63, 3.8) is 0 Å². The Morgan fingerprint density at radius 3 is 2.13 bits per heavy atom. The van der Waals surface area contributed by atoms with Crippen LogP contribution in [-0.2, 0) is 13.0 Å². The first-order valence-electron chi connectivity index (χ1n) is 13.4. The van der Waals surface area contributed by atoms with E-state index in [1.54, 1.807) is 6.20 Å². The quantitative estimate of drug-likeness (QED) is 0.191. The zero-order valence-electron chi connectivity index (χ0n) is 23.2. The van der Waals surface area contributed by atoms with Crippen LogP contribution in [0.1, 0.15) is 58.2 Å². The molecule has 0 unspecified atom stereocenters. The Bertz CT molecular complexity index is 1330. The van der Waals surface area contributed by atoms with Crippen LogP contribution in [0.5, 0.6) is 5.75 Å². The molecule has 0 atom stereocenters. The fourth-order valence-corrected chi connectivity index (χ4v) is 13.0. The predicted molar refractivity (Wildman–Crippen MR) is 154 cm³/mol. The fourth-order valence-electron chi connectivity index (χ4n) is 6.30. The van der Waals surface area contributed by atoms with Gasteiger partial charge in [0.25, 0.3) is 0 Å². The molecule has 0 aliphatic heterocycles. The SMILES string of the molecule is CC(C)[Si](C(C)C)(C(C)C)n1cc(Cc2c(F)ccc(OCc3ccccc3)c2F)cc1-c1cccnc1. The average molecular weight is 533 g/mol. The Kier molecular flexibility index (Phi) is 8.51. The van der Waals surface area contributed by atoms with Crippen LogP contribution in [0.25, 0.3) is 11.3 Å².